The highest BCUT2D eigenvalue weighted by Gasteiger charge is 2.17. The summed E-state index contributed by atoms with van der Waals surface area (Å²) in [4.78, 5) is 0. The number of nitrogens with one attached hydrogen (secondary N) is 1. The quantitative estimate of drug-likeness (QED) is 0.642. The van der Waals surface area contributed by atoms with Crippen LogP contribution in [0.2, 0.25) is 0 Å². The molecule has 1 heterocycles. The summed E-state index contributed by atoms with van der Waals surface area (Å²) >= 11 is 0. The zero-order valence-corrected chi connectivity index (χ0v) is 11.2. The average molecular weight is 289 g/mol. The molecule has 0 radical (unpaired) electrons. The van der Waals surface area contributed by atoms with Crippen molar-refractivity contribution in [2.24, 2.45) is 0 Å². The Bertz CT molecular complexity index is 671. The van der Waals surface area contributed by atoms with Crippen molar-refractivity contribution < 1.29 is 24.8 Å². The third kappa shape index (κ3) is 2.53. The van der Waals surface area contributed by atoms with Crippen LogP contribution < -0.4 is 14.8 Å². The van der Waals surface area contributed by atoms with Gasteiger partial charge in [0.2, 0.25) is 12.5 Å². The molecular formula is C15H15NO5. The molecule has 0 fully saturated rings. The zero-order chi connectivity index (χ0) is 14.8. The number of fused-ring (bicyclic) bond motifs is 1. The summed E-state index contributed by atoms with van der Waals surface area (Å²) in [6, 6.07) is 8.54. The van der Waals surface area contributed by atoms with Gasteiger partial charge < -0.3 is 30.1 Å². The molecule has 110 valence electrons. The molecule has 0 amide bonds. The number of benzene rings is 2. The van der Waals surface area contributed by atoms with Crippen LogP contribution in [0.5, 0.6) is 28.7 Å². The van der Waals surface area contributed by atoms with Crippen LogP contribution >= 0.6 is 0 Å². The van der Waals surface area contributed by atoms with Crippen LogP contribution in [0.25, 0.3) is 0 Å². The van der Waals surface area contributed by atoms with Crippen LogP contribution in [-0.2, 0) is 13.1 Å². The first-order valence-electron chi connectivity index (χ1n) is 6.48. The number of phenols is 3. The minimum absolute atomic E-state index is 0.221. The number of aromatic hydroxyl groups is 3. The molecule has 0 bridgehead atoms. The number of rotatable bonds is 4. The first kappa shape index (κ1) is 13.4. The Morgan fingerprint density at radius 3 is 2.57 bits per heavy atom. The van der Waals surface area contributed by atoms with Crippen LogP contribution in [0.1, 0.15) is 11.1 Å². The van der Waals surface area contributed by atoms with Gasteiger partial charge in [-0.05, 0) is 12.1 Å². The summed E-state index contributed by atoms with van der Waals surface area (Å²) in [5.41, 5.74) is 1.45. The molecule has 2 aromatic rings. The number of hydrogen-bond donors (Lipinski definition) is 4. The molecule has 0 spiro atoms. The number of hydrogen-bond acceptors (Lipinski definition) is 6. The molecule has 3 rings (SSSR count). The molecule has 0 atom stereocenters. The highest BCUT2D eigenvalue weighted by molar-refractivity contribution is 5.53. The predicted molar refractivity (Wildman–Crippen MR) is 74.5 cm³/mol. The molecule has 4 N–H and O–H groups in total. The Morgan fingerprint density at radius 2 is 1.71 bits per heavy atom. The van der Waals surface area contributed by atoms with Crippen molar-refractivity contribution in [3.8, 4) is 28.7 Å². The maximum Gasteiger partial charge on any atom is 0.231 e. The van der Waals surface area contributed by atoms with E-state index in [1.165, 1.54) is 6.07 Å². The largest absolute Gasteiger partial charge is 0.504 e. The number of para-hydroxylation sites is 1. The Hall–Kier alpha value is -2.60. The maximum absolute atomic E-state index is 9.74. The molecular weight excluding hydrogens is 274 g/mol. The van der Waals surface area contributed by atoms with E-state index in [0.29, 0.717) is 18.7 Å². The van der Waals surface area contributed by atoms with E-state index < -0.39 is 5.75 Å². The third-order valence-electron chi connectivity index (χ3n) is 3.32. The van der Waals surface area contributed by atoms with E-state index in [4.69, 9.17) is 9.47 Å². The molecule has 6 nitrogen and oxygen atoms in total. The van der Waals surface area contributed by atoms with Crippen molar-refractivity contribution in [1.82, 2.24) is 5.32 Å². The Balaban J connectivity index is 1.67. The molecule has 0 unspecified atom stereocenters. The van der Waals surface area contributed by atoms with Gasteiger partial charge in [0, 0.05) is 24.2 Å². The van der Waals surface area contributed by atoms with E-state index in [1.54, 1.807) is 6.07 Å². The second kappa shape index (κ2) is 5.41. The molecule has 6 heteroatoms. The van der Waals surface area contributed by atoms with E-state index in [-0.39, 0.29) is 18.3 Å². The summed E-state index contributed by atoms with van der Waals surface area (Å²) < 4.78 is 10.7. The van der Waals surface area contributed by atoms with Crippen LogP contribution in [0, 0.1) is 0 Å². The van der Waals surface area contributed by atoms with E-state index in [9.17, 15) is 15.3 Å². The highest BCUT2D eigenvalue weighted by Crippen LogP contribution is 2.37. The van der Waals surface area contributed by atoms with Crippen molar-refractivity contribution in [3.63, 3.8) is 0 Å². The smallest absolute Gasteiger partial charge is 0.231 e. The van der Waals surface area contributed by atoms with Crippen LogP contribution in [-0.4, -0.2) is 22.1 Å². The van der Waals surface area contributed by atoms with Crippen LogP contribution in [0.4, 0.5) is 0 Å². The zero-order valence-electron chi connectivity index (χ0n) is 11.2. The van der Waals surface area contributed by atoms with Gasteiger partial charge in [0.15, 0.2) is 23.0 Å². The van der Waals surface area contributed by atoms with Crippen molar-refractivity contribution >= 4 is 0 Å². The summed E-state index contributed by atoms with van der Waals surface area (Å²) in [6.07, 6.45) is 0. The molecule has 1 aliphatic rings. The Morgan fingerprint density at radius 1 is 0.905 bits per heavy atom. The molecule has 0 saturated heterocycles. The molecule has 1 aliphatic heterocycles. The Labute approximate surface area is 121 Å². The van der Waals surface area contributed by atoms with Crippen molar-refractivity contribution in [2.45, 2.75) is 13.1 Å². The lowest BCUT2D eigenvalue weighted by Crippen LogP contribution is -2.13. The second-order valence-corrected chi connectivity index (χ2v) is 4.70. The van der Waals surface area contributed by atoms with E-state index in [2.05, 4.69) is 5.32 Å². The fourth-order valence-electron chi connectivity index (χ4n) is 2.22. The van der Waals surface area contributed by atoms with Crippen molar-refractivity contribution in [3.05, 3.63) is 41.5 Å². The van der Waals surface area contributed by atoms with Gasteiger partial charge in [0.05, 0.1) is 0 Å². The van der Waals surface area contributed by atoms with Crippen LogP contribution in [0.15, 0.2) is 30.3 Å². The molecule has 2 aromatic carbocycles. The van der Waals surface area contributed by atoms with E-state index >= 15 is 0 Å². The standard InChI is InChI=1S/C15H15NO5/c17-11-5-4-9(13(18)14(11)19)6-16-7-10-2-1-3-12-15(10)21-8-20-12/h1-5,16-19H,6-8H2. The van der Waals surface area contributed by atoms with Gasteiger partial charge in [-0.25, -0.2) is 0 Å². The highest BCUT2D eigenvalue weighted by atomic mass is 16.7. The molecule has 0 aliphatic carbocycles. The van der Waals surface area contributed by atoms with Gasteiger partial charge >= 0.3 is 0 Å². The monoisotopic (exact) mass is 289 g/mol. The lowest BCUT2D eigenvalue weighted by molar-refractivity contribution is 0.173. The van der Waals surface area contributed by atoms with Crippen LogP contribution in [0.3, 0.4) is 0 Å². The van der Waals surface area contributed by atoms with E-state index in [1.807, 2.05) is 18.2 Å². The van der Waals surface area contributed by atoms with Gasteiger partial charge in [-0.3, -0.25) is 0 Å². The van der Waals surface area contributed by atoms with Crippen molar-refractivity contribution in [2.75, 3.05) is 6.79 Å². The van der Waals surface area contributed by atoms with Gasteiger partial charge in [0.25, 0.3) is 0 Å². The fraction of sp³-hybridized carbons (Fsp3) is 0.200. The number of ether oxygens (including phenoxy) is 2. The normalized spacial score (nSPS) is 12.6. The summed E-state index contributed by atoms with van der Waals surface area (Å²) in [5, 5.41) is 31.6. The topological polar surface area (TPSA) is 91.2 Å². The minimum atomic E-state index is -0.508. The lowest BCUT2D eigenvalue weighted by atomic mass is 10.1. The summed E-state index contributed by atoms with van der Waals surface area (Å²) in [6.45, 7) is 1.08. The van der Waals surface area contributed by atoms with Gasteiger partial charge in [-0.15, -0.1) is 0 Å². The Kier molecular flexibility index (Phi) is 3.45. The second-order valence-electron chi connectivity index (χ2n) is 4.70. The summed E-state index contributed by atoms with van der Waals surface area (Å²) in [5.74, 6) is 0.275. The van der Waals surface area contributed by atoms with E-state index in [0.717, 1.165) is 17.1 Å². The molecule has 0 saturated carbocycles. The van der Waals surface area contributed by atoms with Gasteiger partial charge in [-0.2, -0.15) is 0 Å². The first-order chi connectivity index (χ1) is 10.2. The molecule has 0 aromatic heterocycles. The van der Waals surface area contributed by atoms with Gasteiger partial charge in [0.1, 0.15) is 0 Å². The maximum atomic E-state index is 9.74. The minimum Gasteiger partial charge on any atom is -0.504 e. The summed E-state index contributed by atoms with van der Waals surface area (Å²) in [7, 11) is 0. The predicted octanol–water partition coefficient (Wildman–Crippen LogP) is 1.82. The van der Waals surface area contributed by atoms with Gasteiger partial charge in [-0.1, -0.05) is 18.2 Å². The molecule has 21 heavy (non-hydrogen) atoms. The SMILES string of the molecule is Oc1ccc(CNCc2cccc3c2OCO3)c(O)c1O. The average Bonchev–Trinajstić information content (AvgIpc) is 2.96. The van der Waals surface area contributed by atoms with Crippen molar-refractivity contribution in [1.29, 1.82) is 0 Å². The fourth-order valence-corrected chi connectivity index (χ4v) is 2.22. The third-order valence-corrected chi connectivity index (χ3v) is 3.32. The lowest BCUT2D eigenvalue weighted by Gasteiger charge is -2.10. The first-order valence-corrected chi connectivity index (χ1v) is 6.48. The number of phenolic OH excluding ortho intramolecular Hbond substituents is 3.